The van der Waals surface area contributed by atoms with Gasteiger partial charge in [0.2, 0.25) is 6.17 Å². The first-order valence-electron chi connectivity index (χ1n) is 4.72. The highest BCUT2D eigenvalue weighted by atomic mass is 19.3. The second-order valence-electron chi connectivity index (χ2n) is 3.56. The second kappa shape index (κ2) is 4.01. The van der Waals surface area contributed by atoms with Gasteiger partial charge in [-0.25, -0.2) is 22.0 Å². The monoisotopic (exact) mass is 250 g/mol. The third kappa shape index (κ3) is 1.77. The molecule has 0 bridgehead atoms. The molecule has 0 radical (unpaired) electrons. The summed E-state index contributed by atoms with van der Waals surface area (Å²) in [6.45, 7) is 1.21. The Labute approximate surface area is 92.8 Å². The van der Waals surface area contributed by atoms with E-state index < -0.39 is 35.6 Å². The largest absolute Gasteiger partial charge is 0.454 e. The number of fused-ring (bicyclic) bond motifs is 1. The summed E-state index contributed by atoms with van der Waals surface area (Å²) in [5, 5.41) is -0.302. The van der Waals surface area contributed by atoms with Crippen molar-refractivity contribution in [3.63, 3.8) is 0 Å². The minimum Gasteiger partial charge on any atom is -0.454 e. The van der Waals surface area contributed by atoms with E-state index in [9.17, 15) is 22.0 Å². The summed E-state index contributed by atoms with van der Waals surface area (Å²) >= 11 is 0. The van der Waals surface area contributed by atoms with Gasteiger partial charge in [0, 0.05) is 5.56 Å². The summed E-state index contributed by atoms with van der Waals surface area (Å²) in [5.74, 6) is -2.49. The normalized spacial score (nSPS) is 13.6. The lowest BCUT2D eigenvalue weighted by molar-refractivity contribution is 0.0380. The minimum absolute atomic E-state index is 0.148. The van der Waals surface area contributed by atoms with Crippen LogP contribution in [0.5, 0.6) is 0 Å². The van der Waals surface area contributed by atoms with Crippen LogP contribution in [0, 0.1) is 18.6 Å². The van der Waals surface area contributed by atoms with Gasteiger partial charge in [0.25, 0.3) is 6.43 Å². The van der Waals surface area contributed by atoms with E-state index in [1.54, 1.807) is 0 Å². The molecule has 1 atom stereocenters. The first-order valence-corrected chi connectivity index (χ1v) is 4.72. The lowest BCUT2D eigenvalue weighted by Crippen LogP contribution is -2.03. The quantitative estimate of drug-likeness (QED) is 0.724. The summed E-state index contributed by atoms with van der Waals surface area (Å²) in [6, 6.07) is 1.62. The molecule has 1 nitrogen and oxygen atoms in total. The van der Waals surface area contributed by atoms with Gasteiger partial charge in [-0.1, -0.05) is 0 Å². The molecule has 0 N–H and O–H groups in total. The van der Waals surface area contributed by atoms with Crippen molar-refractivity contribution in [2.24, 2.45) is 0 Å². The molecule has 92 valence electrons. The number of aryl methyl sites for hydroxylation is 1. The minimum atomic E-state index is -3.31. The third-order valence-electron chi connectivity index (χ3n) is 2.49. The molecule has 0 saturated carbocycles. The fraction of sp³-hybridized carbons (Fsp3) is 0.273. The van der Waals surface area contributed by atoms with E-state index in [1.807, 2.05) is 0 Å². The highest BCUT2D eigenvalue weighted by molar-refractivity contribution is 5.83. The van der Waals surface area contributed by atoms with Gasteiger partial charge < -0.3 is 4.42 Å². The number of furan rings is 1. The summed E-state index contributed by atoms with van der Waals surface area (Å²) in [5.41, 5.74) is -0.689. The first-order chi connectivity index (χ1) is 7.93. The van der Waals surface area contributed by atoms with Crippen LogP contribution in [0.1, 0.15) is 17.5 Å². The molecular weight excluding hydrogens is 243 g/mol. The van der Waals surface area contributed by atoms with E-state index in [-0.39, 0.29) is 10.9 Å². The maximum Gasteiger partial charge on any atom is 0.276 e. The third-order valence-corrected chi connectivity index (χ3v) is 2.49. The Morgan fingerprint density at radius 2 is 1.65 bits per heavy atom. The predicted molar refractivity (Wildman–Crippen MR) is 50.7 cm³/mol. The molecule has 0 spiro atoms. The first kappa shape index (κ1) is 11.9. The molecule has 6 heteroatoms. The summed E-state index contributed by atoms with van der Waals surface area (Å²) < 4.78 is 68.8. The van der Waals surface area contributed by atoms with Crippen LogP contribution in [-0.2, 0) is 0 Å². The number of rotatable bonds is 2. The van der Waals surface area contributed by atoms with Crippen LogP contribution in [0.3, 0.4) is 0 Å². The summed E-state index contributed by atoms with van der Waals surface area (Å²) in [4.78, 5) is 0. The molecule has 1 aromatic carbocycles. The van der Waals surface area contributed by atoms with Crippen molar-refractivity contribution in [1.29, 1.82) is 0 Å². The predicted octanol–water partition coefficient (Wildman–Crippen LogP) is 4.30. The zero-order chi connectivity index (χ0) is 12.7. The Morgan fingerprint density at radius 3 is 2.18 bits per heavy atom. The van der Waals surface area contributed by atoms with Gasteiger partial charge >= 0.3 is 0 Å². The molecule has 0 saturated heterocycles. The Bertz CT molecular complexity index is 560. The lowest BCUT2D eigenvalue weighted by atomic mass is 10.1. The van der Waals surface area contributed by atoms with Gasteiger partial charge in [-0.15, -0.1) is 0 Å². The molecule has 2 rings (SSSR count). The van der Waals surface area contributed by atoms with Crippen molar-refractivity contribution < 1.29 is 26.4 Å². The van der Waals surface area contributed by atoms with Crippen molar-refractivity contribution in [1.82, 2.24) is 0 Å². The summed E-state index contributed by atoms with van der Waals surface area (Å²) in [6.07, 6.45) is -6.00. The van der Waals surface area contributed by atoms with E-state index in [0.29, 0.717) is 0 Å². The van der Waals surface area contributed by atoms with Gasteiger partial charge in [-0.2, -0.15) is 0 Å². The SMILES string of the molecule is Cc1c([C@@H](F)C(F)F)oc2c(F)ccc(F)c12. The van der Waals surface area contributed by atoms with Crippen molar-refractivity contribution in [2.45, 2.75) is 19.5 Å². The fourth-order valence-corrected chi connectivity index (χ4v) is 1.67. The van der Waals surface area contributed by atoms with Gasteiger partial charge in [-0.05, 0) is 19.1 Å². The fourth-order valence-electron chi connectivity index (χ4n) is 1.67. The zero-order valence-corrected chi connectivity index (χ0v) is 8.61. The van der Waals surface area contributed by atoms with E-state index in [4.69, 9.17) is 0 Å². The Kier molecular flexibility index (Phi) is 2.81. The van der Waals surface area contributed by atoms with Crippen LogP contribution >= 0.6 is 0 Å². The van der Waals surface area contributed by atoms with Gasteiger partial charge in [0.1, 0.15) is 11.6 Å². The zero-order valence-electron chi connectivity index (χ0n) is 8.61. The van der Waals surface area contributed by atoms with Crippen LogP contribution in [0.15, 0.2) is 16.5 Å². The topological polar surface area (TPSA) is 13.1 Å². The van der Waals surface area contributed by atoms with Crippen molar-refractivity contribution >= 4 is 11.0 Å². The van der Waals surface area contributed by atoms with E-state index in [2.05, 4.69) is 4.42 Å². The van der Waals surface area contributed by atoms with Crippen molar-refractivity contribution in [3.8, 4) is 0 Å². The molecular formula is C11H7F5O. The highest BCUT2D eigenvalue weighted by Gasteiger charge is 2.29. The standard InChI is InChI=1S/C11H7F5O/c1-4-7-5(12)2-3-6(13)10(7)17-9(4)8(14)11(15)16/h2-3,8,11H,1H3/t8-/m1/s1. The number of halogens is 5. The second-order valence-corrected chi connectivity index (χ2v) is 3.56. The molecule has 0 aliphatic carbocycles. The molecule has 1 heterocycles. The van der Waals surface area contributed by atoms with E-state index in [0.717, 1.165) is 12.1 Å². The maximum absolute atomic E-state index is 13.4. The highest BCUT2D eigenvalue weighted by Crippen LogP contribution is 2.36. The smallest absolute Gasteiger partial charge is 0.276 e. The van der Waals surface area contributed by atoms with Crippen LogP contribution in [-0.4, -0.2) is 6.43 Å². The maximum atomic E-state index is 13.4. The molecule has 0 aliphatic heterocycles. The summed E-state index contributed by atoms with van der Waals surface area (Å²) in [7, 11) is 0. The van der Waals surface area contributed by atoms with Crippen LogP contribution in [0.25, 0.3) is 11.0 Å². The van der Waals surface area contributed by atoms with Crippen LogP contribution in [0.4, 0.5) is 22.0 Å². The van der Waals surface area contributed by atoms with Gasteiger partial charge in [0.05, 0.1) is 5.39 Å². The molecule has 2 aromatic rings. The van der Waals surface area contributed by atoms with Gasteiger partial charge in [-0.3, -0.25) is 0 Å². The van der Waals surface area contributed by atoms with Crippen molar-refractivity contribution in [2.75, 3.05) is 0 Å². The number of hydrogen-bond acceptors (Lipinski definition) is 1. The number of hydrogen-bond donors (Lipinski definition) is 0. The molecule has 0 fully saturated rings. The average Bonchev–Trinajstić information content (AvgIpc) is 2.62. The average molecular weight is 250 g/mol. The molecule has 0 aliphatic rings. The number of alkyl halides is 3. The molecule has 0 unspecified atom stereocenters. The van der Waals surface area contributed by atoms with E-state index in [1.165, 1.54) is 6.92 Å². The lowest BCUT2D eigenvalue weighted by Gasteiger charge is -2.03. The molecule has 0 amide bonds. The Balaban J connectivity index is 2.73. The van der Waals surface area contributed by atoms with Crippen LogP contribution in [0.2, 0.25) is 0 Å². The van der Waals surface area contributed by atoms with Crippen LogP contribution < -0.4 is 0 Å². The Morgan fingerprint density at radius 1 is 1.06 bits per heavy atom. The van der Waals surface area contributed by atoms with Crippen molar-refractivity contribution in [3.05, 3.63) is 35.1 Å². The van der Waals surface area contributed by atoms with Gasteiger partial charge in [0.15, 0.2) is 11.4 Å². The van der Waals surface area contributed by atoms with E-state index >= 15 is 0 Å². The Hall–Kier alpha value is -1.59. The molecule has 17 heavy (non-hydrogen) atoms. The number of benzene rings is 1. The molecule has 1 aromatic heterocycles.